The van der Waals surface area contributed by atoms with Gasteiger partial charge in [0.15, 0.2) is 0 Å². The average Bonchev–Trinajstić information content (AvgIpc) is 3.52. The fraction of sp³-hybridized carbons (Fsp3) is 0.364. The maximum atomic E-state index is 12.8. The van der Waals surface area contributed by atoms with Gasteiger partial charge in [-0.05, 0) is 61.2 Å². The number of alkyl carbamates (subject to hydrolysis) is 1. The molecule has 5 rings (SSSR count). The number of fused-ring (bicyclic) bond motifs is 3. The number of nitrogens with zero attached hydrogens (tertiary/aromatic N) is 1. The van der Waals surface area contributed by atoms with Crippen LogP contribution in [0.1, 0.15) is 48.2 Å². The smallest absolute Gasteiger partial charge is 0.410 e. The fourth-order valence-corrected chi connectivity index (χ4v) is 5.62. The lowest BCUT2D eigenvalue weighted by atomic mass is 9.97. The summed E-state index contributed by atoms with van der Waals surface area (Å²) in [6, 6.07) is 22.6. The normalized spacial score (nSPS) is 17.7. The molecule has 0 spiro atoms. The van der Waals surface area contributed by atoms with Gasteiger partial charge in [-0.15, -0.1) is 0 Å². The highest BCUT2D eigenvalue weighted by Crippen LogP contribution is 2.44. The number of hydrogen-bond acceptors (Lipinski definition) is 6. The summed E-state index contributed by atoms with van der Waals surface area (Å²) in [5, 5.41) is 12.2. The van der Waals surface area contributed by atoms with E-state index < -0.39 is 23.8 Å². The zero-order chi connectivity index (χ0) is 29.9. The molecule has 3 aromatic carbocycles. The minimum atomic E-state index is -1.04. The number of carboxylic acids is 1. The van der Waals surface area contributed by atoms with Crippen LogP contribution in [0, 0.1) is 11.8 Å². The molecule has 0 radical (unpaired) electrons. The number of benzene rings is 3. The van der Waals surface area contributed by atoms with Crippen molar-refractivity contribution in [2.45, 2.75) is 32.3 Å². The molecule has 0 saturated carbocycles. The molecule has 2 aliphatic rings. The molecule has 0 unspecified atom stereocenters. The minimum Gasteiger partial charge on any atom is -0.493 e. The van der Waals surface area contributed by atoms with Crippen molar-refractivity contribution in [1.29, 1.82) is 0 Å². The second-order valence-corrected chi connectivity index (χ2v) is 11.8. The van der Waals surface area contributed by atoms with Crippen LogP contribution >= 0.6 is 0 Å². The summed E-state index contributed by atoms with van der Waals surface area (Å²) in [6.45, 7) is 6.92. The summed E-state index contributed by atoms with van der Waals surface area (Å²) in [5.41, 5.74) is 4.08. The van der Waals surface area contributed by atoms with Crippen molar-refractivity contribution in [1.82, 2.24) is 10.2 Å². The van der Waals surface area contributed by atoms with E-state index in [1.807, 2.05) is 45.0 Å². The van der Waals surface area contributed by atoms with Crippen molar-refractivity contribution >= 4 is 18.2 Å². The molecule has 1 heterocycles. The van der Waals surface area contributed by atoms with Gasteiger partial charge in [-0.2, -0.15) is 0 Å². The van der Waals surface area contributed by atoms with Gasteiger partial charge in [0.05, 0.1) is 12.2 Å². The number of carbonyl (C=O) groups is 3. The van der Waals surface area contributed by atoms with Gasteiger partial charge in [0.25, 0.3) is 0 Å². The van der Waals surface area contributed by atoms with Crippen molar-refractivity contribution in [2.75, 3.05) is 32.8 Å². The van der Waals surface area contributed by atoms with E-state index >= 15 is 0 Å². The average molecular weight is 573 g/mol. The molecule has 0 aromatic heterocycles. The zero-order valence-corrected chi connectivity index (χ0v) is 24.0. The van der Waals surface area contributed by atoms with Crippen LogP contribution in [0.3, 0.4) is 0 Å². The Morgan fingerprint density at radius 1 is 0.881 bits per heavy atom. The van der Waals surface area contributed by atoms with E-state index in [0.29, 0.717) is 18.8 Å². The second-order valence-electron chi connectivity index (χ2n) is 11.8. The van der Waals surface area contributed by atoms with Gasteiger partial charge in [0.1, 0.15) is 18.0 Å². The van der Waals surface area contributed by atoms with Gasteiger partial charge < -0.3 is 29.5 Å². The molecule has 0 bridgehead atoms. The summed E-state index contributed by atoms with van der Waals surface area (Å²) in [6.07, 6.45) is -0.953. The molecule has 42 heavy (non-hydrogen) atoms. The Kier molecular flexibility index (Phi) is 8.38. The fourth-order valence-electron chi connectivity index (χ4n) is 5.62. The molecule has 2 atom stereocenters. The Morgan fingerprint density at radius 3 is 2.17 bits per heavy atom. The Hall–Kier alpha value is -4.53. The van der Waals surface area contributed by atoms with E-state index in [1.54, 1.807) is 17.0 Å². The monoisotopic (exact) mass is 572 g/mol. The number of ether oxygens (including phenoxy) is 3. The standard InChI is InChI=1S/C33H36N2O7/c1-33(2,3)42-32(39)35-17-22(23(18-35)19-40-24-10-8-9-21(15-24)30(36)37)16-34-31(38)41-20-29-27-13-6-4-11-25(27)26-12-5-7-14-28(26)29/h4-15,22-23,29H,16-20H2,1-3H3,(H,34,38)(H,36,37)/t22-,23+/m0/s1. The lowest BCUT2D eigenvalue weighted by Crippen LogP contribution is -2.37. The molecule has 1 aliphatic carbocycles. The Balaban J connectivity index is 1.21. The first-order valence-corrected chi connectivity index (χ1v) is 14.1. The van der Waals surface area contributed by atoms with Gasteiger partial charge in [0.2, 0.25) is 0 Å². The molecule has 1 saturated heterocycles. The van der Waals surface area contributed by atoms with Crippen LogP contribution < -0.4 is 10.1 Å². The van der Waals surface area contributed by atoms with E-state index in [4.69, 9.17) is 14.2 Å². The third-order valence-electron chi connectivity index (χ3n) is 7.63. The van der Waals surface area contributed by atoms with Crippen molar-refractivity contribution in [2.24, 2.45) is 11.8 Å². The van der Waals surface area contributed by atoms with Crippen molar-refractivity contribution in [3.63, 3.8) is 0 Å². The predicted molar refractivity (Wildman–Crippen MR) is 157 cm³/mol. The molecule has 3 aromatic rings. The van der Waals surface area contributed by atoms with Crippen LogP contribution in [-0.2, 0) is 9.47 Å². The van der Waals surface area contributed by atoms with Crippen LogP contribution in [0.25, 0.3) is 11.1 Å². The van der Waals surface area contributed by atoms with Crippen molar-refractivity contribution < 1.29 is 33.7 Å². The summed E-state index contributed by atoms with van der Waals surface area (Å²) >= 11 is 0. The highest BCUT2D eigenvalue weighted by Gasteiger charge is 2.38. The molecule has 220 valence electrons. The molecule has 9 nitrogen and oxygen atoms in total. The van der Waals surface area contributed by atoms with Gasteiger partial charge >= 0.3 is 18.2 Å². The van der Waals surface area contributed by atoms with Crippen molar-refractivity contribution in [3.8, 4) is 16.9 Å². The number of nitrogens with one attached hydrogen (secondary N) is 1. The molecule has 2 N–H and O–H groups in total. The van der Waals surface area contributed by atoms with E-state index in [-0.39, 0.29) is 43.1 Å². The molecule has 1 fully saturated rings. The SMILES string of the molecule is CC(C)(C)OC(=O)N1C[C@H](CNC(=O)OCC2c3ccccc3-c3ccccc32)[C@@H](COc2cccc(C(=O)O)c2)C1. The van der Waals surface area contributed by atoms with Crippen LogP contribution in [-0.4, -0.2) is 66.6 Å². The first-order chi connectivity index (χ1) is 20.1. The second kappa shape index (κ2) is 12.1. The quantitative estimate of drug-likeness (QED) is 0.351. The molecule has 1 aliphatic heterocycles. The van der Waals surface area contributed by atoms with E-state index in [9.17, 15) is 19.5 Å². The third-order valence-corrected chi connectivity index (χ3v) is 7.63. The molecule has 2 amide bonds. The van der Waals surface area contributed by atoms with Gasteiger partial charge in [-0.25, -0.2) is 14.4 Å². The van der Waals surface area contributed by atoms with E-state index in [2.05, 4.69) is 29.6 Å². The number of rotatable bonds is 8. The maximum Gasteiger partial charge on any atom is 0.410 e. The van der Waals surface area contributed by atoms with E-state index in [0.717, 1.165) is 22.3 Å². The highest BCUT2D eigenvalue weighted by atomic mass is 16.6. The van der Waals surface area contributed by atoms with Gasteiger partial charge in [-0.1, -0.05) is 54.6 Å². The van der Waals surface area contributed by atoms with Crippen molar-refractivity contribution in [3.05, 3.63) is 89.5 Å². The molecular formula is C33H36N2O7. The summed E-state index contributed by atoms with van der Waals surface area (Å²) in [4.78, 5) is 38.6. The van der Waals surface area contributed by atoms with Crippen LogP contribution in [0.4, 0.5) is 9.59 Å². The zero-order valence-electron chi connectivity index (χ0n) is 24.0. The lowest BCUT2D eigenvalue weighted by Gasteiger charge is -2.24. The van der Waals surface area contributed by atoms with Gasteiger partial charge in [0, 0.05) is 37.4 Å². The summed E-state index contributed by atoms with van der Waals surface area (Å²) < 4.78 is 17.2. The predicted octanol–water partition coefficient (Wildman–Crippen LogP) is 5.79. The Bertz CT molecular complexity index is 1420. The minimum absolute atomic E-state index is 0.0417. The molecular weight excluding hydrogens is 536 g/mol. The third kappa shape index (κ3) is 6.67. The van der Waals surface area contributed by atoms with Crippen LogP contribution in [0.5, 0.6) is 5.75 Å². The van der Waals surface area contributed by atoms with Crippen LogP contribution in [0.2, 0.25) is 0 Å². The van der Waals surface area contributed by atoms with Crippen LogP contribution in [0.15, 0.2) is 72.8 Å². The highest BCUT2D eigenvalue weighted by molar-refractivity contribution is 5.88. The number of carboxylic acid groups (broad SMARTS) is 1. The maximum absolute atomic E-state index is 12.8. The number of aromatic carboxylic acids is 1. The summed E-state index contributed by atoms with van der Waals surface area (Å²) in [7, 11) is 0. The molecule has 9 heteroatoms. The topological polar surface area (TPSA) is 114 Å². The Morgan fingerprint density at radius 2 is 1.52 bits per heavy atom. The lowest BCUT2D eigenvalue weighted by molar-refractivity contribution is 0.0281. The largest absolute Gasteiger partial charge is 0.493 e. The summed E-state index contributed by atoms with van der Waals surface area (Å²) in [5.74, 6) is -0.906. The number of amides is 2. The first-order valence-electron chi connectivity index (χ1n) is 14.1. The number of likely N-dealkylation sites (tertiary alicyclic amines) is 1. The van der Waals surface area contributed by atoms with E-state index in [1.165, 1.54) is 12.1 Å². The first kappa shape index (κ1) is 29.0. The Labute approximate surface area is 245 Å². The number of hydrogen-bond donors (Lipinski definition) is 2. The van der Waals surface area contributed by atoms with Gasteiger partial charge in [-0.3, -0.25) is 0 Å². The number of carbonyl (C=O) groups excluding carboxylic acids is 2.